The number of aromatic nitrogens is 2. The van der Waals surface area contributed by atoms with E-state index in [-0.39, 0.29) is 11.3 Å². The molecule has 0 aliphatic carbocycles. The van der Waals surface area contributed by atoms with Gasteiger partial charge in [-0.25, -0.2) is 0 Å². The summed E-state index contributed by atoms with van der Waals surface area (Å²) < 4.78 is 1.70. The first-order valence-electron chi connectivity index (χ1n) is 6.97. The number of amides is 1. The maximum atomic E-state index is 11.9. The highest BCUT2D eigenvalue weighted by Crippen LogP contribution is 2.21. The Hall–Kier alpha value is -2.36. The van der Waals surface area contributed by atoms with Crippen LogP contribution in [0.4, 0.5) is 0 Å². The van der Waals surface area contributed by atoms with Gasteiger partial charge in [0.15, 0.2) is 0 Å². The molecule has 0 radical (unpaired) electrons. The van der Waals surface area contributed by atoms with Crippen molar-refractivity contribution in [2.24, 2.45) is 7.05 Å². The molecule has 4 heteroatoms. The van der Waals surface area contributed by atoms with Crippen LogP contribution in [0.5, 0.6) is 0 Å². The van der Waals surface area contributed by atoms with E-state index in [0.29, 0.717) is 6.54 Å². The molecule has 0 saturated carbocycles. The van der Waals surface area contributed by atoms with Crippen molar-refractivity contribution in [2.45, 2.75) is 19.3 Å². The fourth-order valence-corrected chi connectivity index (χ4v) is 2.06. The highest BCUT2D eigenvalue weighted by atomic mass is 16.1. The molecule has 0 aliphatic rings. The molecule has 0 unspecified atom stereocenters. The van der Waals surface area contributed by atoms with Crippen molar-refractivity contribution in [1.29, 1.82) is 0 Å². The van der Waals surface area contributed by atoms with E-state index in [0.717, 1.165) is 5.56 Å². The number of carbonyl (C=O) groups excluding carboxylic acids is 1. The van der Waals surface area contributed by atoms with E-state index in [1.807, 2.05) is 31.4 Å². The third-order valence-corrected chi connectivity index (χ3v) is 3.41. The van der Waals surface area contributed by atoms with Gasteiger partial charge in [-0.2, -0.15) is 5.10 Å². The highest BCUT2D eigenvalue weighted by molar-refractivity contribution is 5.91. The molecule has 0 saturated heterocycles. The summed E-state index contributed by atoms with van der Waals surface area (Å²) >= 11 is 0. The van der Waals surface area contributed by atoms with E-state index >= 15 is 0 Å². The SMILES string of the molecule is Cn1cc(C=CC(=O)NCC(C)(C)c2ccccc2)cn1. The van der Waals surface area contributed by atoms with Crippen molar-refractivity contribution < 1.29 is 4.79 Å². The predicted molar refractivity (Wildman–Crippen MR) is 84.7 cm³/mol. The van der Waals surface area contributed by atoms with Gasteiger partial charge in [-0.05, 0) is 11.6 Å². The predicted octanol–water partition coefficient (Wildman–Crippen LogP) is 2.53. The number of hydrogen-bond donors (Lipinski definition) is 1. The van der Waals surface area contributed by atoms with Crippen molar-refractivity contribution in [2.75, 3.05) is 6.54 Å². The quantitative estimate of drug-likeness (QED) is 0.857. The van der Waals surface area contributed by atoms with Crippen LogP contribution in [-0.2, 0) is 17.3 Å². The smallest absolute Gasteiger partial charge is 0.244 e. The van der Waals surface area contributed by atoms with Crippen LogP contribution in [0, 0.1) is 0 Å². The van der Waals surface area contributed by atoms with Gasteiger partial charge in [0.1, 0.15) is 0 Å². The zero-order chi connectivity index (χ0) is 15.3. The van der Waals surface area contributed by atoms with Gasteiger partial charge in [-0.15, -0.1) is 0 Å². The molecule has 1 aromatic heterocycles. The molecule has 110 valence electrons. The zero-order valence-corrected chi connectivity index (χ0v) is 12.7. The summed E-state index contributed by atoms with van der Waals surface area (Å²) in [5.41, 5.74) is 2.02. The fourth-order valence-electron chi connectivity index (χ4n) is 2.06. The molecule has 0 atom stereocenters. The maximum Gasteiger partial charge on any atom is 0.244 e. The number of rotatable bonds is 5. The van der Waals surface area contributed by atoms with Gasteiger partial charge in [-0.1, -0.05) is 44.2 Å². The van der Waals surface area contributed by atoms with Crippen molar-refractivity contribution in [3.63, 3.8) is 0 Å². The van der Waals surface area contributed by atoms with Gasteiger partial charge in [0.25, 0.3) is 0 Å². The van der Waals surface area contributed by atoms with Crippen LogP contribution < -0.4 is 5.32 Å². The molecule has 21 heavy (non-hydrogen) atoms. The Morgan fingerprint density at radius 3 is 2.67 bits per heavy atom. The summed E-state index contributed by atoms with van der Waals surface area (Å²) in [6, 6.07) is 10.2. The van der Waals surface area contributed by atoms with Gasteiger partial charge in [0.05, 0.1) is 6.20 Å². The Morgan fingerprint density at radius 2 is 2.05 bits per heavy atom. The lowest BCUT2D eigenvalue weighted by molar-refractivity contribution is -0.116. The minimum Gasteiger partial charge on any atom is -0.352 e. The number of nitrogens with one attached hydrogen (secondary N) is 1. The summed E-state index contributed by atoms with van der Waals surface area (Å²) in [6.45, 7) is 4.83. The summed E-state index contributed by atoms with van der Waals surface area (Å²) in [5, 5.41) is 7.00. The lowest BCUT2D eigenvalue weighted by Crippen LogP contribution is -2.35. The zero-order valence-electron chi connectivity index (χ0n) is 12.7. The lowest BCUT2D eigenvalue weighted by atomic mass is 9.84. The third kappa shape index (κ3) is 4.31. The van der Waals surface area contributed by atoms with Crippen LogP contribution in [0.3, 0.4) is 0 Å². The van der Waals surface area contributed by atoms with E-state index in [4.69, 9.17) is 0 Å². The topological polar surface area (TPSA) is 46.9 Å². The first kappa shape index (κ1) is 15.0. The second-order valence-corrected chi connectivity index (χ2v) is 5.75. The molecular formula is C17H21N3O. The number of carbonyl (C=O) groups is 1. The first-order valence-corrected chi connectivity index (χ1v) is 6.97. The Bertz CT molecular complexity index is 626. The van der Waals surface area contributed by atoms with Crippen molar-refractivity contribution >= 4 is 12.0 Å². The molecule has 0 fully saturated rings. The molecule has 0 spiro atoms. The van der Waals surface area contributed by atoms with Crippen LogP contribution in [-0.4, -0.2) is 22.2 Å². The minimum atomic E-state index is -0.0982. The van der Waals surface area contributed by atoms with E-state index in [1.165, 1.54) is 11.6 Å². The average molecular weight is 283 g/mol. The standard InChI is InChI=1S/C17H21N3O/c1-17(2,15-7-5-4-6-8-15)13-18-16(21)10-9-14-11-19-20(3)12-14/h4-12H,13H2,1-3H3,(H,18,21). The van der Waals surface area contributed by atoms with Gasteiger partial charge in [0.2, 0.25) is 5.91 Å². The molecule has 0 bridgehead atoms. The van der Waals surface area contributed by atoms with Gasteiger partial charge >= 0.3 is 0 Å². The molecule has 2 aromatic rings. The molecule has 4 nitrogen and oxygen atoms in total. The van der Waals surface area contributed by atoms with Crippen LogP contribution in [0.25, 0.3) is 6.08 Å². The molecular weight excluding hydrogens is 262 g/mol. The van der Waals surface area contributed by atoms with Crippen molar-refractivity contribution in [3.05, 3.63) is 59.9 Å². The molecule has 1 amide bonds. The van der Waals surface area contributed by atoms with E-state index < -0.39 is 0 Å². The number of benzene rings is 1. The number of aryl methyl sites for hydroxylation is 1. The average Bonchev–Trinajstić information content (AvgIpc) is 2.90. The molecule has 1 heterocycles. The van der Waals surface area contributed by atoms with E-state index in [2.05, 4.69) is 36.4 Å². The molecule has 2 rings (SSSR count). The second kappa shape index (κ2) is 6.39. The summed E-state index contributed by atoms with van der Waals surface area (Å²) in [6.07, 6.45) is 6.88. The normalized spacial score (nSPS) is 11.8. The lowest BCUT2D eigenvalue weighted by Gasteiger charge is -2.25. The van der Waals surface area contributed by atoms with E-state index in [9.17, 15) is 4.79 Å². The summed E-state index contributed by atoms with van der Waals surface area (Å²) in [4.78, 5) is 11.9. The van der Waals surface area contributed by atoms with Gasteiger partial charge in [-0.3, -0.25) is 9.48 Å². The van der Waals surface area contributed by atoms with Gasteiger partial charge < -0.3 is 5.32 Å². The largest absolute Gasteiger partial charge is 0.352 e. The molecule has 1 N–H and O–H groups in total. The van der Waals surface area contributed by atoms with Crippen molar-refractivity contribution in [3.8, 4) is 0 Å². The van der Waals surface area contributed by atoms with Crippen LogP contribution in [0.1, 0.15) is 25.0 Å². The summed E-state index contributed by atoms with van der Waals surface area (Å²) in [7, 11) is 1.85. The monoisotopic (exact) mass is 283 g/mol. The number of hydrogen-bond acceptors (Lipinski definition) is 2. The Balaban J connectivity index is 1.90. The van der Waals surface area contributed by atoms with Crippen LogP contribution in [0.2, 0.25) is 0 Å². The third-order valence-electron chi connectivity index (χ3n) is 3.41. The Labute approximate surface area is 125 Å². The van der Waals surface area contributed by atoms with Crippen molar-refractivity contribution in [1.82, 2.24) is 15.1 Å². The first-order chi connectivity index (χ1) is 9.97. The summed E-state index contributed by atoms with van der Waals surface area (Å²) in [5.74, 6) is -0.0946. The molecule has 0 aliphatic heterocycles. The second-order valence-electron chi connectivity index (χ2n) is 5.75. The molecule has 1 aromatic carbocycles. The van der Waals surface area contributed by atoms with Crippen LogP contribution >= 0.6 is 0 Å². The van der Waals surface area contributed by atoms with E-state index in [1.54, 1.807) is 17.0 Å². The maximum absolute atomic E-state index is 11.9. The Morgan fingerprint density at radius 1 is 1.33 bits per heavy atom. The number of nitrogens with zero attached hydrogens (tertiary/aromatic N) is 2. The highest BCUT2D eigenvalue weighted by Gasteiger charge is 2.20. The minimum absolute atomic E-state index is 0.0946. The van der Waals surface area contributed by atoms with Crippen LogP contribution in [0.15, 0.2) is 48.8 Å². The van der Waals surface area contributed by atoms with Gasteiger partial charge in [0, 0.05) is 36.8 Å². The Kier molecular flexibility index (Phi) is 4.58. The fraction of sp³-hybridized carbons (Fsp3) is 0.294.